The van der Waals surface area contributed by atoms with E-state index in [4.69, 9.17) is 9.15 Å². The number of non-ortho nitro benzene ring substituents is 1. The van der Waals surface area contributed by atoms with Gasteiger partial charge in [-0.3, -0.25) is 19.7 Å². The lowest BCUT2D eigenvalue weighted by atomic mass is 9.98. The minimum atomic E-state index is -0.759. The topological polar surface area (TPSA) is 103 Å². The Kier molecular flexibility index (Phi) is 5.41. The number of hydrogen-bond acceptors (Lipinski definition) is 6. The van der Waals surface area contributed by atoms with E-state index >= 15 is 0 Å². The van der Waals surface area contributed by atoms with E-state index in [1.54, 1.807) is 54.5 Å². The van der Waals surface area contributed by atoms with Crippen molar-refractivity contribution >= 4 is 38.5 Å². The number of nitro benzene ring substituents is 1. The predicted octanol–water partition coefficient (Wildman–Crippen LogP) is 5.22. The molecule has 8 nitrogen and oxygen atoms in total. The molecule has 4 aromatic rings. The Morgan fingerprint density at radius 3 is 2.41 bits per heavy atom. The predicted molar refractivity (Wildman–Crippen MR) is 128 cm³/mol. The molecular formula is C25H17BrN2O6. The number of benzene rings is 3. The maximum Gasteiger partial charge on any atom is 0.291 e. The summed E-state index contributed by atoms with van der Waals surface area (Å²) >= 11 is 3.38. The number of halogens is 1. The van der Waals surface area contributed by atoms with Crippen molar-refractivity contribution in [3.8, 4) is 5.75 Å². The third-order valence-electron chi connectivity index (χ3n) is 5.86. The molecule has 2 heterocycles. The summed E-state index contributed by atoms with van der Waals surface area (Å²) < 4.78 is 11.8. The lowest BCUT2D eigenvalue weighted by molar-refractivity contribution is -0.384. The number of carbonyl (C=O) groups excluding carboxylic acids is 1. The Labute approximate surface area is 201 Å². The quantitative estimate of drug-likeness (QED) is 0.264. The van der Waals surface area contributed by atoms with Gasteiger partial charge in [-0.25, -0.2) is 0 Å². The highest BCUT2D eigenvalue weighted by molar-refractivity contribution is 9.10. The van der Waals surface area contributed by atoms with E-state index in [-0.39, 0.29) is 29.0 Å². The van der Waals surface area contributed by atoms with E-state index in [1.807, 2.05) is 12.1 Å². The molecule has 5 rings (SSSR count). The van der Waals surface area contributed by atoms with Crippen molar-refractivity contribution in [1.82, 2.24) is 4.90 Å². The molecule has 0 unspecified atom stereocenters. The number of rotatable bonds is 5. The molecule has 1 aliphatic rings. The van der Waals surface area contributed by atoms with Gasteiger partial charge in [0.15, 0.2) is 5.43 Å². The SMILES string of the molecule is COc1ccc(CN2C(=O)c3oc4ccc(Br)cc4c(=O)c3[C@@H]2c2ccc([N+](=O)[O-])cc2)cc1. The third-order valence-corrected chi connectivity index (χ3v) is 6.35. The fourth-order valence-corrected chi connectivity index (χ4v) is 4.57. The van der Waals surface area contributed by atoms with Gasteiger partial charge in [0.2, 0.25) is 5.76 Å². The second-order valence-electron chi connectivity index (χ2n) is 7.85. The molecule has 1 aliphatic heterocycles. The fraction of sp³-hybridized carbons (Fsp3) is 0.120. The van der Waals surface area contributed by atoms with Gasteiger partial charge < -0.3 is 14.1 Å². The first-order valence-electron chi connectivity index (χ1n) is 10.3. The summed E-state index contributed by atoms with van der Waals surface area (Å²) in [5.74, 6) is 0.244. The number of methoxy groups -OCH3 is 1. The number of hydrogen-bond donors (Lipinski definition) is 0. The number of fused-ring (bicyclic) bond motifs is 2. The Hall–Kier alpha value is -3.98. The highest BCUT2D eigenvalue weighted by Crippen LogP contribution is 2.39. The van der Waals surface area contributed by atoms with Crippen LogP contribution < -0.4 is 10.2 Å². The van der Waals surface area contributed by atoms with E-state index in [0.29, 0.717) is 26.8 Å². The minimum Gasteiger partial charge on any atom is -0.497 e. The van der Waals surface area contributed by atoms with Gasteiger partial charge in [0.25, 0.3) is 11.6 Å². The van der Waals surface area contributed by atoms with Crippen molar-refractivity contribution in [2.45, 2.75) is 12.6 Å². The Bertz CT molecular complexity index is 1500. The number of carbonyl (C=O) groups is 1. The highest BCUT2D eigenvalue weighted by atomic mass is 79.9. The molecule has 0 saturated carbocycles. The van der Waals surface area contributed by atoms with E-state index < -0.39 is 16.9 Å². The summed E-state index contributed by atoms with van der Waals surface area (Å²) in [6.45, 7) is 0.203. The molecule has 9 heteroatoms. The minimum absolute atomic E-state index is 0.0170. The molecule has 0 saturated heterocycles. The summed E-state index contributed by atoms with van der Waals surface area (Å²) in [6.07, 6.45) is 0. The van der Waals surface area contributed by atoms with Gasteiger partial charge in [-0.15, -0.1) is 0 Å². The Morgan fingerprint density at radius 1 is 1.06 bits per heavy atom. The molecule has 1 atom stereocenters. The zero-order chi connectivity index (χ0) is 24.0. The van der Waals surface area contributed by atoms with E-state index in [2.05, 4.69) is 15.9 Å². The molecule has 0 fully saturated rings. The van der Waals surface area contributed by atoms with E-state index in [9.17, 15) is 19.7 Å². The van der Waals surface area contributed by atoms with E-state index in [0.717, 1.165) is 5.56 Å². The zero-order valence-electron chi connectivity index (χ0n) is 17.9. The molecule has 1 aromatic heterocycles. The molecule has 0 spiro atoms. The van der Waals surface area contributed by atoms with Gasteiger partial charge in [0.05, 0.1) is 29.0 Å². The molecule has 0 bridgehead atoms. The van der Waals surface area contributed by atoms with Gasteiger partial charge in [-0.1, -0.05) is 28.1 Å². The van der Waals surface area contributed by atoms with Crippen LogP contribution in [0.25, 0.3) is 11.0 Å². The number of nitro groups is 1. The number of ether oxygens (including phenoxy) is 1. The molecule has 170 valence electrons. The largest absolute Gasteiger partial charge is 0.497 e. The molecule has 0 N–H and O–H groups in total. The number of nitrogens with zero attached hydrogens (tertiary/aromatic N) is 2. The average molecular weight is 521 g/mol. The molecule has 1 amide bonds. The zero-order valence-corrected chi connectivity index (χ0v) is 19.4. The van der Waals surface area contributed by atoms with Crippen molar-refractivity contribution in [3.63, 3.8) is 0 Å². The monoisotopic (exact) mass is 520 g/mol. The van der Waals surface area contributed by atoms with Crippen LogP contribution in [0.1, 0.15) is 33.3 Å². The Morgan fingerprint density at radius 2 is 1.76 bits per heavy atom. The van der Waals surface area contributed by atoms with Gasteiger partial charge in [0, 0.05) is 23.2 Å². The molecule has 3 aromatic carbocycles. The van der Waals surface area contributed by atoms with Gasteiger partial charge >= 0.3 is 0 Å². The maximum absolute atomic E-state index is 13.6. The van der Waals surface area contributed by atoms with Crippen LogP contribution in [0.5, 0.6) is 5.75 Å². The van der Waals surface area contributed by atoms with Crippen LogP contribution in [0, 0.1) is 10.1 Å². The fourth-order valence-electron chi connectivity index (χ4n) is 4.21. The first-order chi connectivity index (χ1) is 16.4. The van der Waals surface area contributed by atoms with Crippen LogP contribution >= 0.6 is 15.9 Å². The van der Waals surface area contributed by atoms with E-state index in [1.165, 1.54) is 12.1 Å². The molecule has 0 aliphatic carbocycles. The smallest absolute Gasteiger partial charge is 0.291 e. The number of amides is 1. The second-order valence-corrected chi connectivity index (χ2v) is 8.76. The van der Waals surface area contributed by atoms with Crippen LogP contribution in [0.3, 0.4) is 0 Å². The van der Waals surface area contributed by atoms with Crippen LogP contribution in [-0.2, 0) is 6.54 Å². The van der Waals surface area contributed by atoms with Gasteiger partial charge in [0.1, 0.15) is 11.3 Å². The molecular weight excluding hydrogens is 504 g/mol. The lowest BCUT2D eigenvalue weighted by Crippen LogP contribution is -2.29. The molecule has 0 radical (unpaired) electrons. The van der Waals surface area contributed by atoms with Crippen LogP contribution in [0.2, 0.25) is 0 Å². The van der Waals surface area contributed by atoms with Crippen LogP contribution in [-0.4, -0.2) is 22.8 Å². The summed E-state index contributed by atoms with van der Waals surface area (Å²) in [7, 11) is 1.57. The standard InChI is InChI=1S/C25H17BrN2O6/c1-33-18-9-2-14(3-10-18)13-27-22(15-4-7-17(8-5-15)28(31)32)21-23(29)19-12-16(26)6-11-20(19)34-24(21)25(27)30/h2-12,22H,13H2,1H3/t22-/m0/s1. The Balaban J connectivity index is 1.68. The first-order valence-corrected chi connectivity index (χ1v) is 11.1. The second kappa shape index (κ2) is 8.42. The maximum atomic E-state index is 13.6. The summed E-state index contributed by atoms with van der Waals surface area (Å²) in [4.78, 5) is 39.3. The molecule has 34 heavy (non-hydrogen) atoms. The third kappa shape index (κ3) is 3.63. The normalized spacial score (nSPS) is 14.9. The van der Waals surface area contributed by atoms with Crippen molar-refractivity contribution in [1.29, 1.82) is 0 Å². The van der Waals surface area contributed by atoms with Gasteiger partial charge in [-0.2, -0.15) is 0 Å². The van der Waals surface area contributed by atoms with Gasteiger partial charge in [-0.05, 0) is 53.6 Å². The van der Waals surface area contributed by atoms with Crippen molar-refractivity contribution < 1.29 is 18.9 Å². The summed E-state index contributed by atoms with van der Waals surface area (Å²) in [6, 6.07) is 17.4. The average Bonchev–Trinajstić information content (AvgIpc) is 3.12. The lowest BCUT2D eigenvalue weighted by Gasteiger charge is -2.25. The first kappa shape index (κ1) is 21.8. The summed E-state index contributed by atoms with van der Waals surface area (Å²) in [5, 5.41) is 11.5. The summed E-state index contributed by atoms with van der Waals surface area (Å²) in [5.41, 5.74) is 1.55. The van der Waals surface area contributed by atoms with Crippen molar-refractivity contribution in [2.24, 2.45) is 0 Å². The van der Waals surface area contributed by atoms with Crippen LogP contribution in [0.4, 0.5) is 5.69 Å². The van der Waals surface area contributed by atoms with Crippen molar-refractivity contribution in [2.75, 3.05) is 7.11 Å². The van der Waals surface area contributed by atoms with Crippen molar-refractivity contribution in [3.05, 3.63) is 114 Å². The van der Waals surface area contributed by atoms with Crippen LogP contribution in [0.15, 0.2) is 80.4 Å². The highest BCUT2D eigenvalue weighted by Gasteiger charge is 2.42.